The van der Waals surface area contributed by atoms with Gasteiger partial charge >= 0.3 is 0 Å². The molecular weight excluding hydrogens is 440 g/mol. The maximum atomic E-state index is 11.2. The Balaban J connectivity index is 2.30. The Bertz CT molecular complexity index is 564. The number of halogens is 1. The summed E-state index contributed by atoms with van der Waals surface area (Å²) in [5, 5.41) is 79.7. The van der Waals surface area contributed by atoms with Crippen molar-refractivity contribution in [3.63, 3.8) is 0 Å². The number of hydrogen-bond acceptors (Lipinski definition) is 12. The predicted octanol–water partition coefficient (Wildman–Crippen LogP) is -4.72. The van der Waals surface area contributed by atoms with Gasteiger partial charge in [0.25, 0.3) is 4.70 Å². The third kappa shape index (κ3) is 4.05. The molecule has 0 radical (unpaired) electrons. The van der Waals surface area contributed by atoms with Gasteiger partial charge in [0.2, 0.25) is 0 Å². The Morgan fingerprint density at radius 1 is 1.07 bits per heavy atom. The van der Waals surface area contributed by atoms with Crippen molar-refractivity contribution < 1.29 is 61.2 Å². The van der Waals surface area contributed by atoms with Crippen molar-refractivity contribution in [3.05, 3.63) is 0 Å². The van der Waals surface area contributed by atoms with E-state index in [1.54, 1.807) is 0 Å². The minimum absolute atomic E-state index is 0.754. The Labute approximate surface area is 163 Å². The van der Waals surface area contributed by atoms with Crippen LogP contribution in [0.25, 0.3) is 0 Å². The Hall–Kier alpha value is -0.290. The van der Waals surface area contributed by atoms with E-state index in [-0.39, 0.29) is 0 Å². The summed E-state index contributed by atoms with van der Waals surface area (Å²) >= 11 is 2.60. The summed E-state index contributed by atoms with van der Waals surface area (Å²) in [7, 11) is 0. The first-order valence-corrected chi connectivity index (χ1v) is 8.74. The van der Waals surface area contributed by atoms with Crippen LogP contribution in [-0.4, -0.2) is 120 Å². The van der Waals surface area contributed by atoms with Gasteiger partial charge in [0.05, 0.1) is 13.2 Å². The van der Waals surface area contributed by atoms with E-state index < -0.39 is 85.2 Å². The average Bonchev–Trinajstić information content (AvgIpc) is 2.61. The number of hydrogen-bond donors (Lipinski definition) is 8. The van der Waals surface area contributed by atoms with E-state index in [0.29, 0.717) is 0 Å². The van der Waals surface area contributed by atoms with Crippen molar-refractivity contribution >= 4 is 22.2 Å². The fourth-order valence-corrected chi connectivity index (χ4v) is 3.60. The molecule has 2 rings (SSSR count). The first kappa shape index (κ1) is 21.4. The number of alkyl halides is 1. The first-order chi connectivity index (χ1) is 12.9. The van der Waals surface area contributed by atoms with Crippen molar-refractivity contribution in [2.45, 2.75) is 65.7 Å². The number of carbonyl (C=O) groups is 1. The number of aldehydes is 1. The number of ether oxygens (including phenoxy) is 3. The number of rotatable bonds is 6. The Morgan fingerprint density at radius 3 is 2.19 bits per heavy atom. The highest BCUT2D eigenvalue weighted by Gasteiger charge is 2.63. The van der Waals surface area contributed by atoms with Crippen LogP contribution in [0.2, 0.25) is 0 Å². The lowest BCUT2D eigenvalue weighted by molar-refractivity contribution is -0.381. The summed E-state index contributed by atoms with van der Waals surface area (Å²) in [5.74, 6) is 0. The predicted molar refractivity (Wildman–Crippen MR) is 86.1 cm³/mol. The van der Waals surface area contributed by atoms with Gasteiger partial charge in [0, 0.05) is 6.42 Å². The lowest BCUT2D eigenvalue weighted by atomic mass is 9.84. The van der Waals surface area contributed by atoms with Crippen LogP contribution in [0.4, 0.5) is 0 Å². The summed E-state index contributed by atoms with van der Waals surface area (Å²) in [6, 6.07) is 0. The highest BCUT2D eigenvalue weighted by Crippen LogP contribution is 2.44. The molecule has 0 aromatic heterocycles. The SMILES string of the molecule is [2H]C(=O)C[C@@]1(O)[C@@H](O)[C@H](O[C@@H]2O[C@H](CO)[C@H](O)[C@H](O)[C@H]2O)[C@@H](CO)OC1(O)Br. The number of carbonyl (C=O) groups excluding carboxylic acids is 1. The molecule has 13 heteroatoms. The van der Waals surface area contributed by atoms with Crippen LogP contribution in [0, 0.1) is 0 Å². The highest BCUT2D eigenvalue weighted by molar-refractivity contribution is 9.10. The quantitative estimate of drug-likeness (QED) is 0.138. The maximum absolute atomic E-state index is 11.2. The lowest BCUT2D eigenvalue weighted by Crippen LogP contribution is -2.72. The van der Waals surface area contributed by atoms with Gasteiger partial charge in [0.1, 0.15) is 50.4 Å². The van der Waals surface area contributed by atoms with Crippen LogP contribution in [-0.2, 0) is 19.0 Å². The van der Waals surface area contributed by atoms with Crippen molar-refractivity contribution in [1.82, 2.24) is 0 Å². The number of aliphatic hydroxyl groups is 8. The standard InChI is InChI=1S/C14H23BrO12/c15-14(24)13(23,1-2-16)11(22)10(6(4-18)27-14)26-12-9(21)8(20)7(19)5(3-17)25-12/h2,5-12,17-24H,1,3-4H2/t5-,6-,7+,8+,9-,10-,11+,12+,13-,14?/m1/s1/i2D. The summed E-state index contributed by atoms with van der Waals surface area (Å²) in [6.07, 6.45) is -16.3. The van der Waals surface area contributed by atoms with Gasteiger partial charge in [-0.3, -0.25) is 0 Å². The zero-order valence-corrected chi connectivity index (χ0v) is 15.4. The zero-order chi connectivity index (χ0) is 21.4. The van der Waals surface area contributed by atoms with Gasteiger partial charge in [-0.15, -0.1) is 0 Å². The van der Waals surface area contributed by atoms with Crippen molar-refractivity contribution in [2.24, 2.45) is 0 Å². The molecule has 1 unspecified atom stereocenters. The summed E-state index contributed by atoms with van der Waals surface area (Å²) in [4.78, 5) is 11.2. The maximum Gasteiger partial charge on any atom is 0.257 e. The molecule has 8 N–H and O–H groups in total. The fraction of sp³-hybridized carbons (Fsp3) is 0.929. The molecule has 0 bridgehead atoms. The molecule has 2 aliphatic rings. The largest absolute Gasteiger partial charge is 0.394 e. The monoisotopic (exact) mass is 463 g/mol. The molecule has 27 heavy (non-hydrogen) atoms. The topological polar surface area (TPSA) is 207 Å². The van der Waals surface area contributed by atoms with E-state index in [9.17, 15) is 45.6 Å². The van der Waals surface area contributed by atoms with E-state index in [1.807, 2.05) is 0 Å². The molecule has 12 nitrogen and oxygen atoms in total. The third-order valence-corrected chi connectivity index (χ3v) is 5.54. The molecule has 0 aromatic carbocycles. The van der Waals surface area contributed by atoms with Gasteiger partial charge in [0.15, 0.2) is 11.9 Å². The van der Waals surface area contributed by atoms with Gasteiger partial charge in [-0.25, -0.2) is 0 Å². The van der Waals surface area contributed by atoms with Crippen LogP contribution in [0.5, 0.6) is 0 Å². The molecule has 158 valence electrons. The molecule has 0 aromatic rings. The average molecular weight is 464 g/mol. The van der Waals surface area contributed by atoms with Crippen molar-refractivity contribution in [3.8, 4) is 0 Å². The first-order valence-electron chi connectivity index (χ1n) is 8.45. The van der Waals surface area contributed by atoms with Crippen LogP contribution in [0.1, 0.15) is 7.79 Å². The van der Waals surface area contributed by atoms with E-state index in [1.165, 1.54) is 0 Å². The van der Waals surface area contributed by atoms with E-state index in [2.05, 4.69) is 15.9 Å². The normalized spacial score (nSPS) is 51.7. The van der Waals surface area contributed by atoms with E-state index in [4.69, 9.17) is 15.6 Å². The summed E-state index contributed by atoms with van der Waals surface area (Å²) in [6.45, 7) is -1.62. The Kier molecular flexibility index (Phi) is 6.83. The fourth-order valence-electron chi connectivity index (χ4n) is 2.99. The van der Waals surface area contributed by atoms with Crippen molar-refractivity contribution in [1.29, 1.82) is 0 Å². The minimum Gasteiger partial charge on any atom is -0.394 e. The van der Waals surface area contributed by atoms with Gasteiger partial charge in [-0.2, -0.15) is 0 Å². The molecule has 0 aliphatic carbocycles. The molecule has 2 saturated heterocycles. The second-order valence-electron chi connectivity index (χ2n) is 6.39. The van der Waals surface area contributed by atoms with E-state index >= 15 is 0 Å². The third-order valence-electron chi connectivity index (χ3n) is 4.67. The van der Waals surface area contributed by atoms with Crippen LogP contribution in [0.15, 0.2) is 0 Å². The van der Waals surface area contributed by atoms with Crippen LogP contribution >= 0.6 is 15.9 Å². The minimum atomic E-state index is -2.80. The van der Waals surface area contributed by atoms with Gasteiger partial charge in [-0.1, -0.05) is 0 Å². The lowest BCUT2D eigenvalue weighted by Gasteiger charge is -2.52. The number of aliphatic hydroxyl groups excluding tert-OH is 6. The summed E-state index contributed by atoms with van der Waals surface area (Å²) in [5.41, 5.74) is -2.80. The van der Waals surface area contributed by atoms with Gasteiger partial charge < -0.3 is 59.9 Å². The van der Waals surface area contributed by atoms with E-state index in [0.717, 1.165) is 0 Å². The molecule has 0 amide bonds. The molecule has 0 spiro atoms. The molecule has 2 fully saturated rings. The second-order valence-corrected chi connectivity index (χ2v) is 7.46. The highest BCUT2D eigenvalue weighted by atomic mass is 79.9. The zero-order valence-electron chi connectivity index (χ0n) is 14.8. The molecule has 10 atom stereocenters. The molecular formula is C14H23BrO12. The smallest absolute Gasteiger partial charge is 0.257 e. The van der Waals surface area contributed by atoms with Gasteiger partial charge in [-0.05, 0) is 15.9 Å². The Morgan fingerprint density at radius 2 is 1.67 bits per heavy atom. The molecule has 2 heterocycles. The van der Waals surface area contributed by atoms with Crippen molar-refractivity contribution in [2.75, 3.05) is 13.2 Å². The summed E-state index contributed by atoms with van der Waals surface area (Å²) < 4.78 is 19.8. The second kappa shape index (κ2) is 8.61. The van der Waals surface area contributed by atoms with Crippen LogP contribution in [0.3, 0.4) is 0 Å². The van der Waals surface area contributed by atoms with Crippen LogP contribution < -0.4 is 0 Å². The molecule has 0 saturated carbocycles. The molecule has 2 aliphatic heterocycles.